The fourth-order valence-corrected chi connectivity index (χ4v) is 3.72. The highest BCUT2D eigenvalue weighted by molar-refractivity contribution is 9.10. The minimum Gasteiger partial charge on any atom is -0.304 e. The van der Waals surface area contributed by atoms with E-state index in [1.165, 1.54) is 11.6 Å². The second kappa shape index (κ2) is 6.35. The summed E-state index contributed by atoms with van der Waals surface area (Å²) >= 11 is 3.46. The first-order chi connectivity index (χ1) is 12.9. The first kappa shape index (κ1) is 17.5. The zero-order chi connectivity index (χ0) is 19.3. The molecule has 0 unspecified atom stereocenters. The van der Waals surface area contributed by atoms with Gasteiger partial charge in [-0.1, -0.05) is 34.1 Å². The molecule has 0 aliphatic carbocycles. The first-order valence-corrected chi connectivity index (χ1v) is 9.19. The van der Waals surface area contributed by atoms with E-state index in [0.29, 0.717) is 17.0 Å². The quantitative estimate of drug-likeness (QED) is 0.496. The van der Waals surface area contributed by atoms with Crippen molar-refractivity contribution < 1.29 is 0 Å². The van der Waals surface area contributed by atoms with Gasteiger partial charge in [0.2, 0.25) is 0 Å². The van der Waals surface area contributed by atoms with Crippen molar-refractivity contribution >= 4 is 21.6 Å². The molecule has 0 radical (unpaired) electrons. The van der Waals surface area contributed by atoms with Crippen LogP contribution < -0.4 is 11.2 Å². The lowest BCUT2D eigenvalue weighted by Crippen LogP contribution is -2.38. The molecule has 0 saturated carbocycles. The van der Waals surface area contributed by atoms with Gasteiger partial charge in [-0.25, -0.2) is 9.78 Å². The molecule has 27 heavy (non-hydrogen) atoms. The summed E-state index contributed by atoms with van der Waals surface area (Å²) in [6.45, 7) is 1.98. The van der Waals surface area contributed by atoms with Crippen molar-refractivity contribution in [2.75, 3.05) is 0 Å². The number of halogens is 1. The number of pyridine rings is 1. The number of imidazole rings is 1. The van der Waals surface area contributed by atoms with E-state index in [0.717, 1.165) is 25.9 Å². The Labute approximate surface area is 163 Å². The number of aryl methyl sites for hydroxylation is 1. The maximum Gasteiger partial charge on any atom is 0.330 e. The summed E-state index contributed by atoms with van der Waals surface area (Å²) in [5, 5.41) is 0. The summed E-state index contributed by atoms with van der Waals surface area (Å²) in [6.07, 6.45) is 1.84. The van der Waals surface area contributed by atoms with E-state index in [1.807, 2.05) is 60.0 Å². The zero-order valence-electron chi connectivity index (χ0n) is 15.1. The molecule has 0 saturated heterocycles. The average Bonchev–Trinajstić information content (AvgIpc) is 3.08. The van der Waals surface area contributed by atoms with Crippen LogP contribution in [-0.2, 0) is 14.1 Å². The highest BCUT2D eigenvalue weighted by Crippen LogP contribution is 2.29. The third-order valence-corrected chi connectivity index (χ3v) is 5.21. The molecule has 0 spiro atoms. The normalized spacial score (nSPS) is 11.3. The summed E-state index contributed by atoms with van der Waals surface area (Å²) in [4.78, 5) is 30.3. The molecule has 7 heteroatoms. The molecular formula is C20H17BrN4O2. The molecule has 0 aliphatic rings. The van der Waals surface area contributed by atoms with Gasteiger partial charge in [0.05, 0.1) is 17.0 Å². The number of benzene rings is 1. The van der Waals surface area contributed by atoms with Crippen LogP contribution in [0.3, 0.4) is 0 Å². The van der Waals surface area contributed by atoms with Gasteiger partial charge in [-0.2, -0.15) is 0 Å². The van der Waals surface area contributed by atoms with Crippen LogP contribution in [0.25, 0.3) is 28.2 Å². The minimum absolute atomic E-state index is 0.367. The minimum atomic E-state index is -0.376. The monoisotopic (exact) mass is 424 g/mol. The number of hydrogen-bond acceptors (Lipinski definition) is 3. The molecule has 3 heterocycles. The number of fused-ring (bicyclic) bond motifs is 1. The van der Waals surface area contributed by atoms with Crippen LogP contribution in [0.1, 0.15) is 5.69 Å². The van der Waals surface area contributed by atoms with E-state index >= 15 is 0 Å². The highest BCUT2D eigenvalue weighted by atomic mass is 79.9. The fraction of sp³-hybridized carbons (Fsp3) is 0.150. The molecule has 0 N–H and O–H groups in total. The molecule has 4 rings (SSSR count). The summed E-state index contributed by atoms with van der Waals surface area (Å²) in [7, 11) is 3.16. The number of aromatic nitrogens is 4. The van der Waals surface area contributed by atoms with Crippen LogP contribution in [0.2, 0.25) is 0 Å². The Kier molecular flexibility index (Phi) is 4.11. The van der Waals surface area contributed by atoms with Gasteiger partial charge < -0.3 is 4.40 Å². The standard InChI is InChI=1S/C20H17BrN4O2/c1-12-6-4-9-16-22-15(11-25(12)16)17-18(13-7-5-8-14(21)10-13)23(2)20(27)24(3)19(17)26/h4-11H,1-3H3. The fourth-order valence-electron chi connectivity index (χ4n) is 3.32. The van der Waals surface area contributed by atoms with Crippen molar-refractivity contribution in [2.45, 2.75) is 6.92 Å². The summed E-state index contributed by atoms with van der Waals surface area (Å²) < 4.78 is 5.41. The van der Waals surface area contributed by atoms with E-state index in [9.17, 15) is 9.59 Å². The van der Waals surface area contributed by atoms with Crippen LogP contribution in [-0.4, -0.2) is 18.5 Å². The predicted octanol–water partition coefficient (Wildman–Crippen LogP) is 3.14. The van der Waals surface area contributed by atoms with Crippen molar-refractivity contribution in [3.8, 4) is 22.5 Å². The Morgan fingerprint density at radius 1 is 1.00 bits per heavy atom. The third-order valence-electron chi connectivity index (χ3n) is 4.71. The molecule has 6 nitrogen and oxygen atoms in total. The van der Waals surface area contributed by atoms with Gasteiger partial charge in [0.15, 0.2) is 0 Å². The number of nitrogens with zero attached hydrogens (tertiary/aromatic N) is 4. The predicted molar refractivity (Wildman–Crippen MR) is 109 cm³/mol. The maximum absolute atomic E-state index is 13.1. The lowest BCUT2D eigenvalue weighted by Gasteiger charge is -2.14. The Bertz CT molecular complexity index is 1310. The molecule has 4 aromatic rings. The summed E-state index contributed by atoms with van der Waals surface area (Å²) in [5.74, 6) is 0. The van der Waals surface area contributed by atoms with E-state index in [2.05, 4.69) is 20.9 Å². The van der Waals surface area contributed by atoms with E-state index in [-0.39, 0.29) is 11.2 Å². The van der Waals surface area contributed by atoms with E-state index < -0.39 is 0 Å². The SMILES string of the molecule is Cc1cccc2nc(-c3c(-c4cccc(Br)c4)n(C)c(=O)n(C)c3=O)cn12. The van der Waals surface area contributed by atoms with Crippen LogP contribution in [0.15, 0.2) is 62.7 Å². The van der Waals surface area contributed by atoms with Gasteiger partial charge in [-0.05, 0) is 31.2 Å². The van der Waals surface area contributed by atoms with Crippen LogP contribution >= 0.6 is 15.9 Å². The molecular weight excluding hydrogens is 408 g/mol. The van der Waals surface area contributed by atoms with Crippen molar-refractivity contribution in [3.05, 3.63) is 79.7 Å². The van der Waals surface area contributed by atoms with Crippen molar-refractivity contribution in [2.24, 2.45) is 14.1 Å². The number of hydrogen-bond donors (Lipinski definition) is 0. The van der Waals surface area contributed by atoms with Gasteiger partial charge in [-0.3, -0.25) is 13.9 Å². The lowest BCUT2D eigenvalue weighted by atomic mass is 10.0. The number of rotatable bonds is 2. The van der Waals surface area contributed by atoms with E-state index in [4.69, 9.17) is 0 Å². The second-order valence-electron chi connectivity index (χ2n) is 6.46. The van der Waals surface area contributed by atoms with Gasteiger partial charge in [-0.15, -0.1) is 0 Å². The molecule has 0 bridgehead atoms. The highest BCUT2D eigenvalue weighted by Gasteiger charge is 2.21. The molecule has 0 fully saturated rings. The summed E-state index contributed by atoms with van der Waals surface area (Å²) in [5.41, 5.74) is 3.28. The topological polar surface area (TPSA) is 61.3 Å². The van der Waals surface area contributed by atoms with Crippen LogP contribution in [0.5, 0.6) is 0 Å². The van der Waals surface area contributed by atoms with Crippen LogP contribution in [0.4, 0.5) is 0 Å². The van der Waals surface area contributed by atoms with Gasteiger partial charge >= 0.3 is 5.69 Å². The zero-order valence-corrected chi connectivity index (χ0v) is 16.7. The van der Waals surface area contributed by atoms with Crippen molar-refractivity contribution in [1.29, 1.82) is 0 Å². The van der Waals surface area contributed by atoms with Crippen molar-refractivity contribution in [3.63, 3.8) is 0 Å². The van der Waals surface area contributed by atoms with Crippen LogP contribution in [0, 0.1) is 6.92 Å². The van der Waals surface area contributed by atoms with E-state index in [1.54, 1.807) is 7.05 Å². The smallest absolute Gasteiger partial charge is 0.304 e. The molecule has 136 valence electrons. The molecule has 0 atom stereocenters. The largest absolute Gasteiger partial charge is 0.330 e. The molecule has 1 aromatic carbocycles. The maximum atomic E-state index is 13.1. The second-order valence-corrected chi connectivity index (χ2v) is 7.38. The van der Waals surface area contributed by atoms with Gasteiger partial charge in [0.25, 0.3) is 5.56 Å². The summed E-state index contributed by atoms with van der Waals surface area (Å²) in [6, 6.07) is 13.3. The third kappa shape index (κ3) is 2.75. The Morgan fingerprint density at radius 2 is 1.74 bits per heavy atom. The lowest BCUT2D eigenvalue weighted by molar-refractivity contribution is 0.694. The first-order valence-electron chi connectivity index (χ1n) is 8.39. The Hall–Kier alpha value is -2.93. The Balaban J connectivity index is 2.14. The Morgan fingerprint density at radius 3 is 2.44 bits per heavy atom. The molecule has 0 aliphatic heterocycles. The average molecular weight is 425 g/mol. The molecule has 3 aromatic heterocycles. The van der Waals surface area contributed by atoms with Crippen molar-refractivity contribution in [1.82, 2.24) is 18.5 Å². The molecule has 0 amide bonds. The van der Waals surface area contributed by atoms with Gasteiger partial charge in [0.1, 0.15) is 5.65 Å². The van der Waals surface area contributed by atoms with Gasteiger partial charge in [0, 0.05) is 36.0 Å².